The van der Waals surface area contributed by atoms with E-state index < -0.39 is 5.91 Å². The Morgan fingerprint density at radius 2 is 1.90 bits per heavy atom. The van der Waals surface area contributed by atoms with Gasteiger partial charge in [0.2, 0.25) is 0 Å². The molecule has 154 valence electrons. The summed E-state index contributed by atoms with van der Waals surface area (Å²) in [4.78, 5) is 37.0. The Kier molecular flexibility index (Phi) is 5.89. The molecule has 0 radical (unpaired) electrons. The molecule has 2 heterocycles. The van der Waals surface area contributed by atoms with Crippen molar-refractivity contribution in [1.82, 2.24) is 15.1 Å². The molecular formula is C21H20N4O4S. The molecule has 3 aromatic rings. The van der Waals surface area contributed by atoms with Crippen molar-refractivity contribution in [2.75, 3.05) is 11.9 Å². The summed E-state index contributed by atoms with van der Waals surface area (Å²) in [5, 5.41) is 11.9. The van der Waals surface area contributed by atoms with Crippen LogP contribution in [-0.2, 0) is 6.54 Å². The summed E-state index contributed by atoms with van der Waals surface area (Å²) in [6, 6.07) is 13.8. The molecule has 1 fully saturated rings. The Hall–Kier alpha value is -3.46. The summed E-state index contributed by atoms with van der Waals surface area (Å²) in [5.41, 5.74) is 0.171. The van der Waals surface area contributed by atoms with Gasteiger partial charge in [-0.25, -0.2) is 4.68 Å². The molecule has 8 nitrogen and oxygen atoms in total. The fraction of sp³-hybridized carbons (Fsp3) is 0.238. The molecule has 2 amide bonds. The quantitative estimate of drug-likeness (QED) is 0.579. The zero-order chi connectivity index (χ0) is 20.9. The van der Waals surface area contributed by atoms with Crippen molar-refractivity contribution < 1.29 is 14.3 Å². The third kappa shape index (κ3) is 4.93. The van der Waals surface area contributed by atoms with E-state index >= 15 is 0 Å². The summed E-state index contributed by atoms with van der Waals surface area (Å²) in [5.74, 6) is -0.00478. The fourth-order valence-corrected chi connectivity index (χ4v) is 3.52. The molecule has 1 aliphatic carbocycles. The smallest absolute Gasteiger partial charge is 0.276 e. The highest BCUT2D eigenvalue weighted by Crippen LogP contribution is 2.26. The van der Waals surface area contributed by atoms with Crippen LogP contribution in [0.4, 0.5) is 5.00 Å². The lowest BCUT2D eigenvalue weighted by atomic mass is 10.3. The molecular weight excluding hydrogens is 404 g/mol. The molecule has 0 aliphatic heterocycles. The molecule has 4 rings (SSSR count). The topological polar surface area (TPSA) is 102 Å². The van der Waals surface area contributed by atoms with Crippen molar-refractivity contribution in [3.05, 3.63) is 75.5 Å². The van der Waals surface area contributed by atoms with Crippen molar-refractivity contribution >= 4 is 28.2 Å². The van der Waals surface area contributed by atoms with Gasteiger partial charge in [-0.2, -0.15) is 5.10 Å². The van der Waals surface area contributed by atoms with Gasteiger partial charge in [0, 0.05) is 12.1 Å². The van der Waals surface area contributed by atoms with Crippen molar-refractivity contribution in [2.45, 2.75) is 25.4 Å². The molecule has 0 spiro atoms. The molecule has 9 heteroatoms. The Bertz CT molecular complexity index is 1110. The van der Waals surface area contributed by atoms with Gasteiger partial charge in [-0.05, 0) is 42.5 Å². The number of nitrogens with zero attached hydrogens (tertiary/aromatic N) is 2. The van der Waals surface area contributed by atoms with E-state index in [4.69, 9.17) is 4.74 Å². The predicted molar refractivity (Wildman–Crippen MR) is 113 cm³/mol. The van der Waals surface area contributed by atoms with E-state index in [1.807, 2.05) is 30.3 Å². The zero-order valence-electron chi connectivity index (χ0n) is 16.0. The number of aromatic nitrogens is 2. The Labute approximate surface area is 176 Å². The van der Waals surface area contributed by atoms with Gasteiger partial charge in [-0.15, -0.1) is 11.3 Å². The number of ether oxygens (including phenoxy) is 1. The average molecular weight is 424 g/mol. The maximum Gasteiger partial charge on any atom is 0.276 e. The molecule has 0 saturated heterocycles. The van der Waals surface area contributed by atoms with Crippen molar-refractivity contribution in [3.8, 4) is 5.75 Å². The van der Waals surface area contributed by atoms with Crippen molar-refractivity contribution in [2.24, 2.45) is 0 Å². The van der Waals surface area contributed by atoms with Crippen LogP contribution in [0.15, 0.2) is 58.7 Å². The van der Waals surface area contributed by atoms with Gasteiger partial charge in [0.1, 0.15) is 23.1 Å². The summed E-state index contributed by atoms with van der Waals surface area (Å²) in [7, 11) is 0. The second-order valence-corrected chi connectivity index (χ2v) is 7.72. The highest BCUT2D eigenvalue weighted by Gasteiger charge is 2.25. The van der Waals surface area contributed by atoms with E-state index in [1.165, 1.54) is 28.2 Å². The first-order chi connectivity index (χ1) is 14.6. The van der Waals surface area contributed by atoms with Crippen LogP contribution in [-0.4, -0.2) is 34.2 Å². The normalized spacial score (nSPS) is 12.9. The second-order valence-electron chi connectivity index (χ2n) is 6.81. The number of anilines is 1. The highest BCUT2D eigenvalue weighted by atomic mass is 32.1. The average Bonchev–Trinajstić information content (AvgIpc) is 3.44. The van der Waals surface area contributed by atoms with Crippen LogP contribution in [0.5, 0.6) is 5.75 Å². The summed E-state index contributed by atoms with van der Waals surface area (Å²) < 4.78 is 6.77. The van der Waals surface area contributed by atoms with Crippen LogP contribution in [0, 0.1) is 0 Å². The lowest BCUT2D eigenvalue weighted by Gasteiger charge is -2.09. The molecule has 2 aromatic heterocycles. The molecule has 2 N–H and O–H groups in total. The van der Waals surface area contributed by atoms with Gasteiger partial charge >= 0.3 is 0 Å². The van der Waals surface area contributed by atoms with Crippen LogP contribution in [0.25, 0.3) is 0 Å². The standard InChI is InChI=1S/C21H20N4O4S/c26-18-9-8-17(24-25(18)11-12-29-15-4-2-1-3-5-15)20(28)23-21-16(10-13-30-21)19(27)22-14-6-7-14/h1-5,8-10,13-14H,6-7,11-12H2,(H,22,27)(H,23,28). The van der Waals surface area contributed by atoms with E-state index in [0.29, 0.717) is 16.3 Å². The Balaban J connectivity index is 1.41. The van der Waals surface area contributed by atoms with E-state index in [9.17, 15) is 14.4 Å². The monoisotopic (exact) mass is 424 g/mol. The zero-order valence-corrected chi connectivity index (χ0v) is 16.9. The first-order valence-corrected chi connectivity index (χ1v) is 10.4. The van der Waals surface area contributed by atoms with Crippen molar-refractivity contribution in [1.29, 1.82) is 0 Å². The molecule has 30 heavy (non-hydrogen) atoms. The number of carbonyl (C=O) groups is 2. The molecule has 0 unspecified atom stereocenters. The molecule has 0 atom stereocenters. The maximum atomic E-state index is 12.6. The van der Waals surface area contributed by atoms with Crippen LogP contribution in [0.2, 0.25) is 0 Å². The van der Waals surface area contributed by atoms with E-state index in [2.05, 4.69) is 15.7 Å². The van der Waals surface area contributed by atoms with Gasteiger partial charge in [0.25, 0.3) is 17.4 Å². The highest BCUT2D eigenvalue weighted by molar-refractivity contribution is 7.14. The minimum atomic E-state index is -0.490. The number of nitrogens with one attached hydrogen (secondary N) is 2. The number of hydrogen-bond acceptors (Lipinski definition) is 6. The van der Waals surface area contributed by atoms with E-state index in [0.717, 1.165) is 12.8 Å². The summed E-state index contributed by atoms with van der Waals surface area (Å²) >= 11 is 1.26. The Morgan fingerprint density at radius 3 is 2.67 bits per heavy atom. The second kappa shape index (κ2) is 8.91. The number of benzene rings is 1. The van der Waals surface area contributed by atoms with Gasteiger partial charge in [-0.3, -0.25) is 14.4 Å². The summed E-state index contributed by atoms with van der Waals surface area (Å²) in [6.07, 6.45) is 1.97. The molecule has 1 saturated carbocycles. The first kappa shape index (κ1) is 19.8. The van der Waals surface area contributed by atoms with Crippen LogP contribution < -0.4 is 20.9 Å². The van der Waals surface area contributed by atoms with E-state index in [-0.39, 0.29) is 36.4 Å². The lowest BCUT2D eigenvalue weighted by Crippen LogP contribution is -2.29. The third-order valence-corrected chi connectivity index (χ3v) is 5.29. The lowest BCUT2D eigenvalue weighted by molar-refractivity contribution is 0.0952. The van der Waals surface area contributed by atoms with Gasteiger partial charge in [0.15, 0.2) is 0 Å². The van der Waals surface area contributed by atoms with E-state index in [1.54, 1.807) is 11.4 Å². The largest absolute Gasteiger partial charge is 0.492 e. The maximum absolute atomic E-state index is 12.6. The van der Waals surface area contributed by atoms with Gasteiger partial charge in [0.05, 0.1) is 12.1 Å². The minimum absolute atomic E-state index is 0.0799. The third-order valence-electron chi connectivity index (χ3n) is 4.46. The van der Waals surface area contributed by atoms with Gasteiger partial charge < -0.3 is 15.4 Å². The predicted octanol–water partition coefficient (Wildman–Crippen LogP) is 2.53. The number of carbonyl (C=O) groups excluding carboxylic acids is 2. The van der Waals surface area contributed by atoms with Crippen LogP contribution in [0.3, 0.4) is 0 Å². The van der Waals surface area contributed by atoms with Crippen LogP contribution in [0.1, 0.15) is 33.7 Å². The number of hydrogen-bond donors (Lipinski definition) is 2. The SMILES string of the molecule is O=C(Nc1sccc1C(=O)NC1CC1)c1ccc(=O)n(CCOc2ccccc2)n1. The number of para-hydroxylation sites is 1. The first-order valence-electron chi connectivity index (χ1n) is 9.56. The fourth-order valence-electron chi connectivity index (χ4n) is 2.74. The number of thiophene rings is 1. The minimum Gasteiger partial charge on any atom is -0.492 e. The summed E-state index contributed by atoms with van der Waals surface area (Å²) in [6.45, 7) is 0.432. The van der Waals surface area contributed by atoms with Crippen LogP contribution >= 0.6 is 11.3 Å². The Morgan fingerprint density at radius 1 is 1.10 bits per heavy atom. The molecule has 1 aromatic carbocycles. The molecule has 0 bridgehead atoms. The van der Waals surface area contributed by atoms with Gasteiger partial charge in [-0.1, -0.05) is 18.2 Å². The van der Waals surface area contributed by atoms with Crippen molar-refractivity contribution in [3.63, 3.8) is 0 Å². The number of rotatable bonds is 8. The number of amides is 2. The molecule has 1 aliphatic rings.